The number of piperazine rings is 1. The van der Waals surface area contributed by atoms with Gasteiger partial charge in [0.25, 0.3) is 0 Å². The maximum atomic E-state index is 12.6. The Labute approximate surface area is 137 Å². The summed E-state index contributed by atoms with van der Waals surface area (Å²) in [5.74, 6) is 0.630. The van der Waals surface area contributed by atoms with E-state index >= 15 is 0 Å². The lowest BCUT2D eigenvalue weighted by atomic mass is 10.0. The summed E-state index contributed by atoms with van der Waals surface area (Å²) < 4.78 is 0. The highest BCUT2D eigenvalue weighted by Crippen LogP contribution is 2.22. The van der Waals surface area contributed by atoms with Crippen LogP contribution in [0, 0.1) is 5.92 Å². The van der Waals surface area contributed by atoms with Crippen LogP contribution in [0.25, 0.3) is 0 Å². The van der Waals surface area contributed by atoms with Gasteiger partial charge in [0.05, 0.1) is 0 Å². The first-order chi connectivity index (χ1) is 10.6. The van der Waals surface area contributed by atoms with Gasteiger partial charge in [-0.15, -0.1) is 0 Å². The standard InChI is InChI=1S/C17H24ClN3O/c1-14-4-3-7-21(13-14)17(22)20-10-8-19(9-11-20)16-6-2-5-15(18)12-16/h2,5-6,12,14H,3-4,7-11,13H2,1H3. The Hall–Kier alpha value is -1.42. The van der Waals surface area contributed by atoms with Crippen molar-refractivity contribution in [3.63, 3.8) is 0 Å². The van der Waals surface area contributed by atoms with Gasteiger partial charge >= 0.3 is 6.03 Å². The highest BCUT2D eigenvalue weighted by molar-refractivity contribution is 6.30. The van der Waals surface area contributed by atoms with Gasteiger partial charge in [0, 0.05) is 50.0 Å². The molecule has 22 heavy (non-hydrogen) atoms. The molecule has 5 heteroatoms. The van der Waals surface area contributed by atoms with Gasteiger partial charge in [0.1, 0.15) is 0 Å². The molecule has 4 nitrogen and oxygen atoms in total. The Morgan fingerprint density at radius 2 is 1.91 bits per heavy atom. The van der Waals surface area contributed by atoms with Crippen molar-refractivity contribution in [1.82, 2.24) is 9.80 Å². The second kappa shape index (κ2) is 6.78. The molecule has 2 aliphatic rings. The van der Waals surface area contributed by atoms with E-state index in [0.29, 0.717) is 5.92 Å². The quantitative estimate of drug-likeness (QED) is 0.793. The minimum absolute atomic E-state index is 0.220. The molecular formula is C17H24ClN3O. The minimum atomic E-state index is 0.220. The van der Waals surface area contributed by atoms with Crippen LogP contribution in [0.1, 0.15) is 19.8 Å². The Bertz CT molecular complexity index is 528. The molecule has 0 spiro atoms. The molecule has 0 aromatic heterocycles. The number of rotatable bonds is 1. The average molecular weight is 322 g/mol. The summed E-state index contributed by atoms with van der Waals surface area (Å²) in [6.07, 6.45) is 2.38. The second-order valence-electron chi connectivity index (χ2n) is 6.43. The molecule has 2 heterocycles. The molecule has 2 saturated heterocycles. The summed E-state index contributed by atoms with van der Waals surface area (Å²) in [5, 5.41) is 0.762. The fraction of sp³-hybridized carbons (Fsp3) is 0.588. The third-order valence-corrected chi connectivity index (χ3v) is 4.89. The van der Waals surface area contributed by atoms with E-state index in [0.717, 1.165) is 56.4 Å². The Balaban J connectivity index is 1.56. The Morgan fingerprint density at radius 3 is 2.59 bits per heavy atom. The summed E-state index contributed by atoms with van der Waals surface area (Å²) >= 11 is 6.06. The first-order valence-corrected chi connectivity index (χ1v) is 8.55. The zero-order chi connectivity index (χ0) is 15.5. The van der Waals surface area contributed by atoms with Gasteiger partial charge in [-0.05, 0) is 37.0 Å². The van der Waals surface area contributed by atoms with E-state index in [1.54, 1.807) is 0 Å². The number of carbonyl (C=O) groups is 1. The number of anilines is 1. The number of hydrogen-bond donors (Lipinski definition) is 0. The van der Waals surface area contributed by atoms with Gasteiger partial charge in [0.15, 0.2) is 0 Å². The topological polar surface area (TPSA) is 26.8 Å². The van der Waals surface area contributed by atoms with Crippen LogP contribution in [-0.4, -0.2) is 55.1 Å². The predicted molar refractivity (Wildman–Crippen MR) is 90.6 cm³/mol. The second-order valence-corrected chi connectivity index (χ2v) is 6.87. The third-order valence-electron chi connectivity index (χ3n) is 4.65. The lowest BCUT2D eigenvalue weighted by Crippen LogP contribution is -2.54. The maximum absolute atomic E-state index is 12.6. The molecule has 0 bridgehead atoms. The summed E-state index contributed by atoms with van der Waals surface area (Å²) in [5.41, 5.74) is 1.14. The average Bonchev–Trinajstić information content (AvgIpc) is 2.54. The molecule has 0 N–H and O–H groups in total. The smallest absolute Gasteiger partial charge is 0.320 e. The van der Waals surface area contributed by atoms with Gasteiger partial charge in [-0.1, -0.05) is 24.6 Å². The van der Waals surface area contributed by atoms with Gasteiger partial charge in [-0.2, -0.15) is 0 Å². The zero-order valence-electron chi connectivity index (χ0n) is 13.2. The number of hydrogen-bond acceptors (Lipinski definition) is 2. The number of piperidine rings is 1. The number of likely N-dealkylation sites (tertiary alicyclic amines) is 1. The first kappa shape index (κ1) is 15.5. The monoisotopic (exact) mass is 321 g/mol. The normalized spacial score (nSPS) is 22.8. The Morgan fingerprint density at radius 1 is 1.14 bits per heavy atom. The van der Waals surface area contributed by atoms with Crippen molar-refractivity contribution >= 4 is 23.3 Å². The van der Waals surface area contributed by atoms with Gasteiger partial charge in [-0.25, -0.2) is 4.79 Å². The van der Waals surface area contributed by atoms with E-state index in [-0.39, 0.29) is 6.03 Å². The number of carbonyl (C=O) groups excluding carboxylic acids is 1. The van der Waals surface area contributed by atoms with Crippen LogP contribution in [0.15, 0.2) is 24.3 Å². The van der Waals surface area contributed by atoms with E-state index in [9.17, 15) is 4.79 Å². The van der Waals surface area contributed by atoms with E-state index < -0.39 is 0 Å². The van der Waals surface area contributed by atoms with E-state index in [1.165, 1.54) is 6.42 Å². The van der Waals surface area contributed by atoms with Crippen LogP contribution in [0.5, 0.6) is 0 Å². The molecule has 120 valence electrons. The van der Waals surface area contributed by atoms with Crippen molar-refractivity contribution in [2.75, 3.05) is 44.2 Å². The van der Waals surface area contributed by atoms with E-state index in [4.69, 9.17) is 11.6 Å². The molecule has 3 rings (SSSR count). The van der Waals surface area contributed by atoms with Crippen LogP contribution >= 0.6 is 11.6 Å². The molecule has 0 aliphatic carbocycles. The molecule has 2 fully saturated rings. The molecule has 2 aliphatic heterocycles. The van der Waals surface area contributed by atoms with Crippen molar-refractivity contribution in [3.8, 4) is 0 Å². The molecule has 0 saturated carbocycles. The fourth-order valence-corrected chi connectivity index (χ4v) is 3.58. The van der Waals surface area contributed by atoms with E-state index in [2.05, 4.69) is 17.9 Å². The van der Waals surface area contributed by atoms with Crippen LogP contribution in [0.3, 0.4) is 0 Å². The number of nitrogens with zero attached hydrogens (tertiary/aromatic N) is 3. The predicted octanol–water partition coefficient (Wildman–Crippen LogP) is 3.31. The van der Waals surface area contributed by atoms with Gasteiger partial charge in [-0.3, -0.25) is 0 Å². The molecule has 1 unspecified atom stereocenters. The maximum Gasteiger partial charge on any atom is 0.320 e. The van der Waals surface area contributed by atoms with E-state index in [1.807, 2.05) is 28.0 Å². The SMILES string of the molecule is CC1CCCN(C(=O)N2CCN(c3cccc(Cl)c3)CC2)C1. The highest BCUT2D eigenvalue weighted by Gasteiger charge is 2.27. The van der Waals surface area contributed by atoms with Gasteiger partial charge < -0.3 is 14.7 Å². The fourth-order valence-electron chi connectivity index (χ4n) is 3.39. The summed E-state index contributed by atoms with van der Waals surface area (Å²) in [6.45, 7) is 7.37. The largest absolute Gasteiger partial charge is 0.368 e. The molecule has 0 radical (unpaired) electrons. The zero-order valence-corrected chi connectivity index (χ0v) is 13.9. The number of amides is 2. The molecule has 2 amide bonds. The number of urea groups is 1. The first-order valence-electron chi connectivity index (χ1n) is 8.18. The lowest BCUT2D eigenvalue weighted by molar-refractivity contribution is 0.129. The Kier molecular flexibility index (Phi) is 4.77. The number of benzene rings is 1. The molecular weight excluding hydrogens is 298 g/mol. The molecule has 1 aromatic carbocycles. The third kappa shape index (κ3) is 3.49. The van der Waals surface area contributed by atoms with Crippen molar-refractivity contribution in [2.24, 2.45) is 5.92 Å². The minimum Gasteiger partial charge on any atom is -0.368 e. The van der Waals surface area contributed by atoms with Gasteiger partial charge in [0.2, 0.25) is 0 Å². The number of halogens is 1. The summed E-state index contributed by atoms with van der Waals surface area (Å²) in [6, 6.07) is 8.16. The van der Waals surface area contributed by atoms with Crippen molar-refractivity contribution in [3.05, 3.63) is 29.3 Å². The van der Waals surface area contributed by atoms with Crippen LogP contribution < -0.4 is 4.90 Å². The highest BCUT2D eigenvalue weighted by atomic mass is 35.5. The van der Waals surface area contributed by atoms with Crippen LogP contribution in [0.2, 0.25) is 5.02 Å². The summed E-state index contributed by atoms with van der Waals surface area (Å²) in [7, 11) is 0. The van der Waals surface area contributed by atoms with Crippen molar-refractivity contribution < 1.29 is 4.79 Å². The lowest BCUT2D eigenvalue weighted by Gasteiger charge is -2.40. The van der Waals surface area contributed by atoms with Crippen LogP contribution in [0.4, 0.5) is 10.5 Å². The van der Waals surface area contributed by atoms with Crippen LogP contribution in [-0.2, 0) is 0 Å². The van der Waals surface area contributed by atoms with Crippen molar-refractivity contribution in [2.45, 2.75) is 19.8 Å². The molecule has 1 atom stereocenters. The van der Waals surface area contributed by atoms with Crippen molar-refractivity contribution in [1.29, 1.82) is 0 Å². The summed E-state index contributed by atoms with van der Waals surface area (Å²) in [4.78, 5) is 18.9. The molecule has 1 aromatic rings.